The molecule has 1 fully saturated rings. The highest BCUT2D eigenvalue weighted by Crippen LogP contribution is 2.19. The molecule has 0 aromatic heterocycles. The van der Waals surface area contributed by atoms with Crippen LogP contribution in [0.15, 0.2) is 24.3 Å². The van der Waals surface area contributed by atoms with Crippen LogP contribution in [0.3, 0.4) is 0 Å². The molecule has 0 unspecified atom stereocenters. The Kier molecular flexibility index (Phi) is 4.14. The van der Waals surface area contributed by atoms with Crippen molar-refractivity contribution < 1.29 is 4.79 Å². The van der Waals surface area contributed by atoms with Crippen LogP contribution in [0.2, 0.25) is 0 Å². The summed E-state index contributed by atoms with van der Waals surface area (Å²) in [6, 6.07) is 8.09. The molecule has 0 atom stereocenters. The van der Waals surface area contributed by atoms with E-state index < -0.39 is 0 Å². The standard InChI is InChI=1S/C14H22N4O/c1-11(2)16-14(19)18-8-6-17(7-9-18)13-5-3-4-12(15)10-13/h3-5,10-11H,6-9,15H2,1-2H3,(H,16,19). The van der Waals surface area contributed by atoms with Gasteiger partial charge >= 0.3 is 6.03 Å². The third-order valence-electron chi connectivity index (χ3n) is 3.21. The van der Waals surface area contributed by atoms with Gasteiger partial charge in [-0.1, -0.05) is 6.07 Å². The molecule has 19 heavy (non-hydrogen) atoms. The summed E-state index contributed by atoms with van der Waals surface area (Å²) in [5.74, 6) is 0. The molecular weight excluding hydrogens is 240 g/mol. The van der Waals surface area contributed by atoms with E-state index in [2.05, 4.69) is 16.3 Å². The third kappa shape index (κ3) is 3.53. The minimum absolute atomic E-state index is 0.0298. The van der Waals surface area contributed by atoms with Gasteiger partial charge in [-0.15, -0.1) is 0 Å². The number of carbonyl (C=O) groups excluding carboxylic acids is 1. The SMILES string of the molecule is CC(C)NC(=O)N1CCN(c2cccc(N)c2)CC1. The normalized spacial score (nSPS) is 15.7. The molecule has 0 bridgehead atoms. The Hall–Kier alpha value is -1.91. The van der Waals surface area contributed by atoms with Gasteiger partial charge in [0, 0.05) is 43.6 Å². The van der Waals surface area contributed by atoms with Crippen LogP contribution in [0.1, 0.15) is 13.8 Å². The highest BCUT2D eigenvalue weighted by atomic mass is 16.2. The zero-order chi connectivity index (χ0) is 13.8. The molecule has 1 aliphatic heterocycles. The Morgan fingerprint density at radius 1 is 1.26 bits per heavy atom. The van der Waals surface area contributed by atoms with E-state index in [-0.39, 0.29) is 12.1 Å². The number of amides is 2. The van der Waals surface area contributed by atoms with Crippen molar-refractivity contribution in [3.8, 4) is 0 Å². The molecule has 2 rings (SSSR count). The minimum atomic E-state index is 0.0298. The third-order valence-corrected chi connectivity index (χ3v) is 3.21. The fourth-order valence-corrected chi connectivity index (χ4v) is 2.23. The van der Waals surface area contributed by atoms with Crippen molar-refractivity contribution in [1.29, 1.82) is 0 Å². The number of nitrogens with zero attached hydrogens (tertiary/aromatic N) is 2. The first-order valence-electron chi connectivity index (χ1n) is 6.72. The number of hydrogen-bond donors (Lipinski definition) is 2. The van der Waals surface area contributed by atoms with E-state index in [1.54, 1.807) is 0 Å². The summed E-state index contributed by atoms with van der Waals surface area (Å²) >= 11 is 0. The average Bonchev–Trinajstić information content (AvgIpc) is 2.38. The molecule has 3 N–H and O–H groups in total. The number of nitrogens with one attached hydrogen (secondary N) is 1. The Morgan fingerprint density at radius 2 is 1.95 bits per heavy atom. The monoisotopic (exact) mass is 262 g/mol. The molecular formula is C14H22N4O. The molecule has 2 amide bonds. The van der Waals surface area contributed by atoms with E-state index in [0.29, 0.717) is 0 Å². The first-order chi connectivity index (χ1) is 9.06. The Bertz CT molecular complexity index is 439. The number of urea groups is 1. The van der Waals surface area contributed by atoms with E-state index in [4.69, 9.17) is 5.73 Å². The van der Waals surface area contributed by atoms with Crippen LogP contribution in [-0.2, 0) is 0 Å². The van der Waals surface area contributed by atoms with Crippen molar-refractivity contribution in [3.63, 3.8) is 0 Å². The summed E-state index contributed by atoms with van der Waals surface area (Å²) in [4.78, 5) is 16.0. The zero-order valence-corrected chi connectivity index (χ0v) is 11.6. The van der Waals surface area contributed by atoms with Gasteiger partial charge in [0.15, 0.2) is 0 Å². The van der Waals surface area contributed by atoms with Gasteiger partial charge in [0.05, 0.1) is 0 Å². The zero-order valence-electron chi connectivity index (χ0n) is 11.6. The summed E-state index contributed by atoms with van der Waals surface area (Å²) in [5.41, 5.74) is 7.70. The number of nitrogens with two attached hydrogens (primary N) is 1. The second kappa shape index (κ2) is 5.82. The van der Waals surface area contributed by atoms with Crippen LogP contribution >= 0.6 is 0 Å². The molecule has 1 aliphatic rings. The quantitative estimate of drug-likeness (QED) is 0.794. The van der Waals surface area contributed by atoms with Crippen molar-refractivity contribution in [1.82, 2.24) is 10.2 Å². The van der Waals surface area contributed by atoms with Crippen molar-refractivity contribution in [2.75, 3.05) is 36.8 Å². The van der Waals surface area contributed by atoms with Gasteiger partial charge in [0.25, 0.3) is 0 Å². The summed E-state index contributed by atoms with van der Waals surface area (Å²) in [5, 5.41) is 2.92. The van der Waals surface area contributed by atoms with Crippen LogP contribution in [0.25, 0.3) is 0 Å². The predicted molar refractivity (Wildman–Crippen MR) is 78.3 cm³/mol. The topological polar surface area (TPSA) is 61.6 Å². The lowest BCUT2D eigenvalue weighted by atomic mass is 10.2. The summed E-state index contributed by atoms with van der Waals surface area (Å²) in [7, 11) is 0. The molecule has 1 saturated heterocycles. The number of hydrogen-bond acceptors (Lipinski definition) is 3. The van der Waals surface area contributed by atoms with Crippen molar-refractivity contribution in [3.05, 3.63) is 24.3 Å². The fourth-order valence-electron chi connectivity index (χ4n) is 2.23. The number of rotatable bonds is 2. The Labute approximate surface area is 114 Å². The van der Waals surface area contributed by atoms with Gasteiger partial charge in [-0.3, -0.25) is 0 Å². The highest BCUT2D eigenvalue weighted by Gasteiger charge is 2.21. The van der Waals surface area contributed by atoms with Crippen LogP contribution in [0.4, 0.5) is 16.2 Å². The molecule has 0 saturated carbocycles. The van der Waals surface area contributed by atoms with Gasteiger partial charge in [-0.2, -0.15) is 0 Å². The smallest absolute Gasteiger partial charge is 0.317 e. The van der Waals surface area contributed by atoms with Crippen molar-refractivity contribution >= 4 is 17.4 Å². The van der Waals surface area contributed by atoms with Gasteiger partial charge < -0.3 is 20.9 Å². The van der Waals surface area contributed by atoms with Crippen molar-refractivity contribution in [2.24, 2.45) is 0 Å². The largest absolute Gasteiger partial charge is 0.399 e. The molecule has 104 valence electrons. The number of nitrogen functional groups attached to an aromatic ring is 1. The van der Waals surface area contributed by atoms with Gasteiger partial charge in [-0.25, -0.2) is 4.79 Å². The maximum absolute atomic E-state index is 11.9. The van der Waals surface area contributed by atoms with Crippen LogP contribution in [0, 0.1) is 0 Å². The lowest BCUT2D eigenvalue weighted by Gasteiger charge is -2.36. The van der Waals surface area contributed by atoms with E-state index in [1.807, 2.05) is 36.9 Å². The maximum atomic E-state index is 11.9. The first-order valence-corrected chi connectivity index (χ1v) is 6.72. The number of benzene rings is 1. The summed E-state index contributed by atoms with van der Waals surface area (Å²) in [6.45, 7) is 7.12. The molecule has 5 heteroatoms. The lowest BCUT2D eigenvalue weighted by molar-refractivity contribution is 0.192. The lowest BCUT2D eigenvalue weighted by Crippen LogP contribution is -2.52. The summed E-state index contributed by atoms with van der Waals surface area (Å²) < 4.78 is 0. The van der Waals surface area contributed by atoms with Crippen LogP contribution in [-0.4, -0.2) is 43.2 Å². The van der Waals surface area contributed by atoms with Crippen molar-refractivity contribution in [2.45, 2.75) is 19.9 Å². The average molecular weight is 262 g/mol. The molecule has 0 aliphatic carbocycles. The second-order valence-corrected chi connectivity index (χ2v) is 5.17. The van der Waals surface area contributed by atoms with Gasteiger partial charge in [0.2, 0.25) is 0 Å². The van der Waals surface area contributed by atoms with Gasteiger partial charge in [0.1, 0.15) is 0 Å². The molecule has 0 radical (unpaired) electrons. The molecule has 1 aromatic rings. The number of piperazine rings is 1. The Morgan fingerprint density at radius 3 is 2.53 bits per heavy atom. The maximum Gasteiger partial charge on any atom is 0.317 e. The highest BCUT2D eigenvalue weighted by molar-refractivity contribution is 5.74. The van der Waals surface area contributed by atoms with E-state index in [1.165, 1.54) is 0 Å². The fraction of sp³-hybridized carbons (Fsp3) is 0.500. The molecule has 1 aromatic carbocycles. The second-order valence-electron chi connectivity index (χ2n) is 5.17. The summed E-state index contributed by atoms with van der Waals surface area (Å²) in [6.07, 6.45) is 0. The Balaban J connectivity index is 1.90. The van der Waals surface area contributed by atoms with Crippen LogP contribution in [0.5, 0.6) is 0 Å². The minimum Gasteiger partial charge on any atom is -0.399 e. The number of anilines is 2. The van der Waals surface area contributed by atoms with Crippen LogP contribution < -0.4 is 16.0 Å². The predicted octanol–water partition coefficient (Wildman–Crippen LogP) is 1.51. The van der Waals surface area contributed by atoms with E-state index in [9.17, 15) is 4.79 Å². The van der Waals surface area contributed by atoms with E-state index >= 15 is 0 Å². The first kappa shape index (κ1) is 13.5. The molecule has 0 spiro atoms. The van der Waals surface area contributed by atoms with Gasteiger partial charge in [-0.05, 0) is 32.0 Å². The molecule has 5 nitrogen and oxygen atoms in total. The number of carbonyl (C=O) groups is 1. The molecule has 1 heterocycles. The van der Waals surface area contributed by atoms with E-state index in [0.717, 1.165) is 37.6 Å².